The van der Waals surface area contributed by atoms with E-state index in [4.69, 9.17) is 5.73 Å². The SMILES string of the molecule is CCC(N)(CC)c1nc(CC(C)C)nn1C. The number of aryl methyl sites for hydroxylation is 1. The minimum absolute atomic E-state index is 0.336. The fraction of sp³-hybridized carbons (Fsp3) is 0.833. The van der Waals surface area contributed by atoms with Gasteiger partial charge in [-0.05, 0) is 18.8 Å². The number of nitrogens with zero attached hydrogens (tertiary/aromatic N) is 3. The zero-order valence-electron chi connectivity index (χ0n) is 11.1. The van der Waals surface area contributed by atoms with E-state index >= 15 is 0 Å². The maximum Gasteiger partial charge on any atom is 0.151 e. The molecule has 16 heavy (non-hydrogen) atoms. The molecule has 0 unspecified atom stereocenters. The van der Waals surface area contributed by atoms with E-state index in [2.05, 4.69) is 37.8 Å². The minimum Gasteiger partial charge on any atom is -0.319 e. The Kier molecular flexibility index (Phi) is 4.08. The van der Waals surface area contributed by atoms with Crippen LogP contribution in [0.15, 0.2) is 0 Å². The van der Waals surface area contributed by atoms with Gasteiger partial charge in [-0.3, -0.25) is 4.68 Å². The molecule has 0 atom stereocenters. The van der Waals surface area contributed by atoms with E-state index in [1.54, 1.807) is 0 Å². The van der Waals surface area contributed by atoms with Crippen LogP contribution < -0.4 is 5.73 Å². The molecule has 1 heterocycles. The maximum atomic E-state index is 6.34. The largest absolute Gasteiger partial charge is 0.319 e. The van der Waals surface area contributed by atoms with Crippen LogP contribution in [0.2, 0.25) is 0 Å². The quantitative estimate of drug-likeness (QED) is 0.832. The Morgan fingerprint density at radius 2 is 1.88 bits per heavy atom. The lowest BCUT2D eigenvalue weighted by Crippen LogP contribution is -2.38. The van der Waals surface area contributed by atoms with E-state index < -0.39 is 0 Å². The van der Waals surface area contributed by atoms with Crippen molar-refractivity contribution in [2.45, 2.75) is 52.5 Å². The average Bonchev–Trinajstić information content (AvgIpc) is 2.58. The number of aromatic nitrogens is 3. The second-order valence-corrected chi connectivity index (χ2v) is 4.94. The van der Waals surface area contributed by atoms with Gasteiger partial charge >= 0.3 is 0 Å². The molecule has 0 radical (unpaired) electrons. The zero-order valence-corrected chi connectivity index (χ0v) is 11.1. The van der Waals surface area contributed by atoms with Gasteiger partial charge in [-0.1, -0.05) is 27.7 Å². The molecule has 4 nitrogen and oxygen atoms in total. The molecule has 1 aromatic rings. The molecule has 92 valence electrons. The number of rotatable bonds is 5. The Hall–Kier alpha value is -0.900. The van der Waals surface area contributed by atoms with Gasteiger partial charge in [0, 0.05) is 13.5 Å². The average molecular weight is 224 g/mol. The van der Waals surface area contributed by atoms with Crippen LogP contribution in [-0.2, 0) is 19.0 Å². The fourth-order valence-corrected chi connectivity index (χ4v) is 1.89. The van der Waals surface area contributed by atoms with Gasteiger partial charge in [0.15, 0.2) is 5.82 Å². The Morgan fingerprint density at radius 3 is 2.31 bits per heavy atom. The van der Waals surface area contributed by atoms with Crippen molar-refractivity contribution >= 4 is 0 Å². The van der Waals surface area contributed by atoms with Gasteiger partial charge in [-0.15, -0.1) is 0 Å². The summed E-state index contributed by atoms with van der Waals surface area (Å²) in [6.45, 7) is 8.54. The second-order valence-electron chi connectivity index (χ2n) is 4.94. The lowest BCUT2D eigenvalue weighted by molar-refractivity contribution is 0.370. The summed E-state index contributed by atoms with van der Waals surface area (Å²) in [5, 5.41) is 4.44. The first-order chi connectivity index (χ1) is 7.42. The molecule has 2 N–H and O–H groups in total. The van der Waals surface area contributed by atoms with Crippen LogP contribution in [0.3, 0.4) is 0 Å². The standard InChI is InChI=1S/C12H24N4/c1-6-12(13,7-2)11-14-10(8-9(3)4)15-16(11)5/h9H,6-8,13H2,1-5H3. The summed E-state index contributed by atoms with van der Waals surface area (Å²) in [6.07, 6.45) is 2.69. The highest BCUT2D eigenvalue weighted by atomic mass is 15.3. The number of hydrogen-bond donors (Lipinski definition) is 1. The molecule has 1 rings (SSSR count). The van der Waals surface area contributed by atoms with Crippen molar-refractivity contribution in [1.29, 1.82) is 0 Å². The van der Waals surface area contributed by atoms with Gasteiger partial charge < -0.3 is 5.73 Å². The molecule has 0 aliphatic carbocycles. The molecule has 0 fully saturated rings. The molecule has 0 aromatic carbocycles. The normalized spacial score (nSPS) is 12.4. The van der Waals surface area contributed by atoms with Crippen molar-refractivity contribution in [3.8, 4) is 0 Å². The topological polar surface area (TPSA) is 56.7 Å². The van der Waals surface area contributed by atoms with Gasteiger partial charge in [0.1, 0.15) is 5.82 Å². The highest BCUT2D eigenvalue weighted by Gasteiger charge is 2.28. The van der Waals surface area contributed by atoms with E-state index in [-0.39, 0.29) is 5.54 Å². The molecular weight excluding hydrogens is 200 g/mol. The molecular formula is C12H24N4. The predicted octanol–water partition coefficient (Wildman–Crippen LogP) is 1.99. The third-order valence-electron chi connectivity index (χ3n) is 3.10. The van der Waals surface area contributed by atoms with Gasteiger partial charge in [-0.25, -0.2) is 4.98 Å². The summed E-state index contributed by atoms with van der Waals surface area (Å²) < 4.78 is 1.84. The van der Waals surface area contributed by atoms with E-state index in [0.717, 1.165) is 30.9 Å². The molecule has 0 aliphatic heterocycles. The van der Waals surface area contributed by atoms with Crippen molar-refractivity contribution < 1.29 is 0 Å². The van der Waals surface area contributed by atoms with Crippen LogP contribution in [-0.4, -0.2) is 14.8 Å². The third kappa shape index (κ3) is 2.61. The first-order valence-electron chi connectivity index (χ1n) is 6.12. The van der Waals surface area contributed by atoms with Gasteiger partial charge in [-0.2, -0.15) is 5.10 Å². The highest BCUT2D eigenvalue weighted by Crippen LogP contribution is 2.23. The summed E-state index contributed by atoms with van der Waals surface area (Å²) in [4.78, 5) is 4.59. The molecule has 1 aromatic heterocycles. The van der Waals surface area contributed by atoms with Gasteiger partial charge in [0.2, 0.25) is 0 Å². The lowest BCUT2D eigenvalue weighted by atomic mass is 9.93. The third-order valence-corrected chi connectivity index (χ3v) is 3.10. The smallest absolute Gasteiger partial charge is 0.151 e. The second kappa shape index (κ2) is 4.95. The van der Waals surface area contributed by atoms with E-state index in [1.165, 1.54) is 0 Å². The van der Waals surface area contributed by atoms with E-state index in [1.807, 2.05) is 11.7 Å². The van der Waals surface area contributed by atoms with Crippen LogP contribution in [0, 0.1) is 5.92 Å². The van der Waals surface area contributed by atoms with Crippen molar-refractivity contribution in [3.63, 3.8) is 0 Å². The van der Waals surface area contributed by atoms with Crippen molar-refractivity contribution in [1.82, 2.24) is 14.8 Å². The van der Waals surface area contributed by atoms with Crippen LogP contribution in [0.4, 0.5) is 0 Å². The van der Waals surface area contributed by atoms with Gasteiger partial charge in [0.25, 0.3) is 0 Å². The molecule has 0 saturated carbocycles. The van der Waals surface area contributed by atoms with Gasteiger partial charge in [0.05, 0.1) is 5.54 Å². The van der Waals surface area contributed by atoms with Crippen LogP contribution >= 0.6 is 0 Å². The molecule has 0 spiro atoms. The Labute approximate surface area is 98.2 Å². The molecule has 4 heteroatoms. The zero-order chi connectivity index (χ0) is 12.3. The fourth-order valence-electron chi connectivity index (χ4n) is 1.89. The van der Waals surface area contributed by atoms with E-state index in [9.17, 15) is 0 Å². The molecule has 0 aliphatic rings. The van der Waals surface area contributed by atoms with Crippen molar-refractivity contribution in [2.75, 3.05) is 0 Å². The summed E-state index contributed by atoms with van der Waals surface area (Å²) in [6, 6.07) is 0. The first-order valence-corrected chi connectivity index (χ1v) is 6.12. The first kappa shape index (κ1) is 13.2. The summed E-state index contributed by atoms with van der Waals surface area (Å²) in [5.74, 6) is 2.39. The minimum atomic E-state index is -0.336. The lowest BCUT2D eigenvalue weighted by Gasteiger charge is -2.24. The maximum absolute atomic E-state index is 6.34. The Bertz CT molecular complexity index is 337. The molecule has 0 amide bonds. The highest BCUT2D eigenvalue weighted by molar-refractivity contribution is 5.06. The summed E-state index contributed by atoms with van der Waals surface area (Å²) in [7, 11) is 1.93. The Morgan fingerprint density at radius 1 is 1.31 bits per heavy atom. The summed E-state index contributed by atoms with van der Waals surface area (Å²) in [5.41, 5.74) is 6.00. The van der Waals surface area contributed by atoms with Crippen LogP contribution in [0.1, 0.15) is 52.2 Å². The number of nitrogens with two attached hydrogens (primary N) is 1. The molecule has 0 bridgehead atoms. The Balaban J connectivity index is 3.01. The number of hydrogen-bond acceptors (Lipinski definition) is 3. The van der Waals surface area contributed by atoms with Crippen LogP contribution in [0.25, 0.3) is 0 Å². The van der Waals surface area contributed by atoms with E-state index in [0.29, 0.717) is 5.92 Å². The molecule has 0 saturated heterocycles. The van der Waals surface area contributed by atoms with Crippen molar-refractivity contribution in [2.24, 2.45) is 18.7 Å². The monoisotopic (exact) mass is 224 g/mol. The summed E-state index contributed by atoms with van der Waals surface area (Å²) >= 11 is 0. The predicted molar refractivity (Wildman–Crippen MR) is 66.0 cm³/mol. The van der Waals surface area contributed by atoms with Crippen LogP contribution in [0.5, 0.6) is 0 Å². The van der Waals surface area contributed by atoms with Crippen molar-refractivity contribution in [3.05, 3.63) is 11.6 Å².